The monoisotopic (exact) mass is 331 g/mol. The van der Waals surface area contributed by atoms with Crippen molar-refractivity contribution in [2.24, 2.45) is 0 Å². The summed E-state index contributed by atoms with van der Waals surface area (Å²) in [6.45, 7) is 7.49. The van der Waals surface area contributed by atoms with Gasteiger partial charge in [-0.25, -0.2) is 0 Å². The van der Waals surface area contributed by atoms with Gasteiger partial charge in [0.1, 0.15) is 0 Å². The van der Waals surface area contributed by atoms with Crippen LogP contribution in [0, 0.1) is 13.8 Å². The molecular weight excluding hydrogens is 306 g/mol. The van der Waals surface area contributed by atoms with Gasteiger partial charge >= 0.3 is 0 Å². The SMILES string of the molecule is CCOc1ccc(CNC(=O)CCn2nc(C)cc2C)cc1OC. The number of nitrogens with one attached hydrogen (secondary N) is 1. The van der Waals surface area contributed by atoms with E-state index in [0.29, 0.717) is 37.6 Å². The third-order valence-electron chi connectivity index (χ3n) is 3.67. The Kier molecular flexibility index (Phi) is 6.23. The van der Waals surface area contributed by atoms with Crippen molar-refractivity contribution in [2.45, 2.75) is 40.3 Å². The van der Waals surface area contributed by atoms with Crippen LogP contribution < -0.4 is 14.8 Å². The Morgan fingerprint density at radius 1 is 1.25 bits per heavy atom. The highest BCUT2D eigenvalue weighted by atomic mass is 16.5. The highest BCUT2D eigenvalue weighted by Gasteiger charge is 2.08. The van der Waals surface area contributed by atoms with E-state index in [1.807, 2.05) is 49.7 Å². The van der Waals surface area contributed by atoms with Gasteiger partial charge in [0.05, 0.1) is 19.4 Å². The van der Waals surface area contributed by atoms with Gasteiger partial charge in [0.2, 0.25) is 5.91 Å². The Morgan fingerprint density at radius 3 is 2.67 bits per heavy atom. The van der Waals surface area contributed by atoms with Crippen LogP contribution in [0.3, 0.4) is 0 Å². The van der Waals surface area contributed by atoms with Crippen LogP contribution in [0.1, 0.15) is 30.3 Å². The first-order valence-corrected chi connectivity index (χ1v) is 8.11. The molecule has 130 valence electrons. The van der Waals surface area contributed by atoms with E-state index in [1.165, 1.54) is 0 Å². The zero-order valence-corrected chi connectivity index (χ0v) is 14.8. The molecule has 0 aliphatic rings. The van der Waals surface area contributed by atoms with Gasteiger partial charge in [-0.1, -0.05) is 6.07 Å². The number of methoxy groups -OCH3 is 1. The summed E-state index contributed by atoms with van der Waals surface area (Å²) >= 11 is 0. The fourth-order valence-electron chi connectivity index (χ4n) is 2.49. The van der Waals surface area contributed by atoms with Crippen molar-refractivity contribution in [1.29, 1.82) is 0 Å². The topological polar surface area (TPSA) is 65.4 Å². The number of hydrogen-bond donors (Lipinski definition) is 1. The molecule has 0 aliphatic heterocycles. The summed E-state index contributed by atoms with van der Waals surface area (Å²) in [7, 11) is 1.61. The van der Waals surface area contributed by atoms with Crippen molar-refractivity contribution >= 4 is 5.91 Å². The van der Waals surface area contributed by atoms with Crippen molar-refractivity contribution in [2.75, 3.05) is 13.7 Å². The number of ether oxygens (including phenoxy) is 2. The number of carbonyl (C=O) groups is 1. The Labute approximate surface area is 142 Å². The number of amides is 1. The molecule has 1 amide bonds. The van der Waals surface area contributed by atoms with E-state index < -0.39 is 0 Å². The zero-order valence-electron chi connectivity index (χ0n) is 14.8. The molecule has 24 heavy (non-hydrogen) atoms. The van der Waals surface area contributed by atoms with Crippen LogP contribution in [-0.4, -0.2) is 29.4 Å². The Bertz CT molecular complexity index is 695. The first-order valence-electron chi connectivity index (χ1n) is 8.11. The molecule has 2 rings (SSSR count). The fourth-order valence-corrected chi connectivity index (χ4v) is 2.49. The Hall–Kier alpha value is -2.50. The lowest BCUT2D eigenvalue weighted by Crippen LogP contribution is -2.24. The second kappa shape index (κ2) is 8.38. The molecule has 0 saturated heterocycles. The van der Waals surface area contributed by atoms with Gasteiger partial charge in [0.25, 0.3) is 0 Å². The van der Waals surface area contributed by atoms with Crippen molar-refractivity contribution in [1.82, 2.24) is 15.1 Å². The predicted molar refractivity (Wildman–Crippen MR) is 92.3 cm³/mol. The van der Waals surface area contributed by atoms with Crippen molar-refractivity contribution in [3.05, 3.63) is 41.2 Å². The van der Waals surface area contributed by atoms with Crippen LogP contribution in [0.15, 0.2) is 24.3 Å². The van der Waals surface area contributed by atoms with Crippen molar-refractivity contribution < 1.29 is 14.3 Å². The molecule has 6 heteroatoms. The van der Waals surface area contributed by atoms with Crippen LogP contribution in [0.4, 0.5) is 0 Å². The molecule has 1 aromatic carbocycles. The number of nitrogens with zero attached hydrogens (tertiary/aromatic N) is 2. The van der Waals surface area contributed by atoms with Crippen molar-refractivity contribution in [3.63, 3.8) is 0 Å². The molecule has 0 aliphatic carbocycles. The van der Waals surface area contributed by atoms with Crippen molar-refractivity contribution in [3.8, 4) is 11.5 Å². The first-order chi connectivity index (χ1) is 11.5. The minimum absolute atomic E-state index is 0.00425. The number of carbonyl (C=O) groups excluding carboxylic acids is 1. The van der Waals surface area contributed by atoms with E-state index in [0.717, 1.165) is 17.0 Å². The summed E-state index contributed by atoms with van der Waals surface area (Å²) in [4.78, 5) is 12.0. The molecule has 2 aromatic rings. The highest BCUT2D eigenvalue weighted by molar-refractivity contribution is 5.75. The van der Waals surface area contributed by atoms with Gasteiger partial charge < -0.3 is 14.8 Å². The largest absolute Gasteiger partial charge is 0.493 e. The second-order valence-corrected chi connectivity index (χ2v) is 5.60. The zero-order chi connectivity index (χ0) is 17.5. The molecule has 1 aromatic heterocycles. The van der Waals surface area contributed by atoms with E-state index in [1.54, 1.807) is 7.11 Å². The normalized spacial score (nSPS) is 10.5. The minimum Gasteiger partial charge on any atom is -0.493 e. The average Bonchev–Trinajstić information content (AvgIpc) is 2.89. The predicted octanol–water partition coefficient (Wildman–Crippen LogP) is 2.61. The maximum Gasteiger partial charge on any atom is 0.222 e. The molecule has 0 fully saturated rings. The molecule has 0 unspecified atom stereocenters. The van der Waals surface area contributed by atoms with Gasteiger partial charge in [0.15, 0.2) is 11.5 Å². The maximum absolute atomic E-state index is 12.0. The van der Waals surface area contributed by atoms with Gasteiger partial charge in [0, 0.05) is 25.2 Å². The number of rotatable bonds is 8. The summed E-state index contributed by atoms with van der Waals surface area (Å²) in [5, 5.41) is 7.28. The minimum atomic E-state index is -0.00425. The van der Waals surface area contributed by atoms with E-state index in [9.17, 15) is 4.79 Å². The number of aromatic nitrogens is 2. The van der Waals surface area contributed by atoms with E-state index in [-0.39, 0.29) is 5.91 Å². The Balaban J connectivity index is 1.86. The van der Waals surface area contributed by atoms with Crippen LogP contribution in [0.5, 0.6) is 11.5 Å². The van der Waals surface area contributed by atoms with Crippen LogP contribution in [-0.2, 0) is 17.9 Å². The van der Waals surface area contributed by atoms with Crippen LogP contribution in [0.25, 0.3) is 0 Å². The molecule has 0 saturated carbocycles. The highest BCUT2D eigenvalue weighted by Crippen LogP contribution is 2.27. The second-order valence-electron chi connectivity index (χ2n) is 5.60. The lowest BCUT2D eigenvalue weighted by molar-refractivity contribution is -0.121. The Morgan fingerprint density at radius 2 is 2.04 bits per heavy atom. The summed E-state index contributed by atoms with van der Waals surface area (Å²) < 4.78 is 12.7. The van der Waals surface area contributed by atoms with E-state index in [2.05, 4.69) is 10.4 Å². The summed E-state index contributed by atoms with van der Waals surface area (Å²) in [6.07, 6.45) is 0.399. The molecule has 6 nitrogen and oxygen atoms in total. The smallest absolute Gasteiger partial charge is 0.222 e. The number of benzene rings is 1. The maximum atomic E-state index is 12.0. The van der Waals surface area contributed by atoms with Gasteiger partial charge in [-0.05, 0) is 44.5 Å². The third-order valence-corrected chi connectivity index (χ3v) is 3.67. The number of aryl methyl sites for hydroxylation is 3. The number of hydrogen-bond acceptors (Lipinski definition) is 4. The van der Waals surface area contributed by atoms with Gasteiger partial charge in [-0.3, -0.25) is 9.48 Å². The lowest BCUT2D eigenvalue weighted by atomic mass is 10.2. The molecule has 0 atom stereocenters. The standard InChI is InChI=1S/C18H25N3O3/c1-5-24-16-7-6-15(11-17(16)23-4)12-19-18(22)8-9-21-14(3)10-13(2)20-21/h6-7,10-11H,5,8-9,12H2,1-4H3,(H,19,22). The van der Waals surface area contributed by atoms with Crippen LogP contribution in [0.2, 0.25) is 0 Å². The average molecular weight is 331 g/mol. The quantitative estimate of drug-likeness (QED) is 0.807. The summed E-state index contributed by atoms with van der Waals surface area (Å²) in [5.74, 6) is 1.38. The summed E-state index contributed by atoms with van der Waals surface area (Å²) in [6, 6.07) is 7.67. The molecule has 0 spiro atoms. The molecular formula is C18H25N3O3. The van der Waals surface area contributed by atoms with E-state index in [4.69, 9.17) is 9.47 Å². The first kappa shape index (κ1) is 17.8. The molecule has 0 radical (unpaired) electrons. The molecule has 0 bridgehead atoms. The molecule has 1 N–H and O–H groups in total. The third kappa shape index (κ3) is 4.75. The summed E-state index contributed by atoms with van der Waals surface area (Å²) in [5.41, 5.74) is 3.00. The van der Waals surface area contributed by atoms with Crippen LogP contribution >= 0.6 is 0 Å². The fraction of sp³-hybridized carbons (Fsp3) is 0.444. The van der Waals surface area contributed by atoms with E-state index >= 15 is 0 Å². The van der Waals surface area contributed by atoms with Gasteiger partial charge in [-0.15, -0.1) is 0 Å². The molecule has 1 heterocycles. The lowest BCUT2D eigenvalue weighted by Gasteiger charge is -2.11. The van der Waals surface area contributed by atoms with Gasteiger partial charge in [-0.2, -0.15) is 5.10 Å².